The summed E-state index contributed by atoms with van der Waals surface area (Å²) in [5, 5.41) is 8.50. The molecule has 4 nitrogen and oxygen atoms in total. The van der Waals surface area contributed by atoms with Crippen LogP contribution in [0.15, 0.2) is 17.5 Å². The summed E-state index contributed by atoms with van der Waals surface area (Å²) in [6.45, 7) is 3.29. The maximum absolute atomic E-state index is 11.8. The third kappa shape index (κ3) is 5.30. The van der Waals surface area contributed by atoms with Crippen molar-refractivity contribution in [3.05, 3.63) is 22.4 Å². The molecule has 1 aliphatic heterocycles. The molecule has 0 aromatic carbocycles. The van der Waals surface area contributed by atoms with E-state index in [0.29, 0.717) is 12.6 Å². The van der Waals surface area contributed by atoms with Crippen molar-refractivity contribution in [2.45, 2.75) is 25.3 Å². The van der Waals surface area contributed by atoms with Crippen molar-refractivity contribution in [2.24, 2.45) is 0 Å². The Morgan fingerprint density at radius 1 is 1.63 bits per heavy atom. The van der Waals surface area contributed by atoms with Crippen LogP contribution in [0.5, 0.6) is 0 Å². The van der Waals surface area contributed by atoms with Gasteiger partial charge in [0.2, 0.25) is 5.91 Å². The molecule has 2 N–H and O–H groups in total. The molecule has 1 atom stereocenters. The number of likely N-dealkylation sites (N-methyl/N-ethyl adjacent to an activating group) is 1. The van der Waals surface area contributed by atoms with Crippen molar-refractivity contribution < 1.29 is 4.79 Å². The molecular formula is C14H23N3OS. The fourth-order valence-corrected chi connectivity index (χ4v) is 3.14. The summed E-state index contributed by atoms with van der Waals surface area (Å²) >= 11 is 1.74. The minimum atomic E-state index is 0.122. The third-order valence-corrected chi connectivity index (χ3v) is 4.32. The predicted octanol–water partition coefficient (Wildman–Crippen LogP) is 1.09. The Labute approximate surface area is 119 Å². The molecule has 19 heavy (non-hydrogen) atoms. The summed E-state index contributed by atoms with van der Waals surface area (Å²) in [7, 11) is 2.01. The first-order valence-corrected chi connectivity index (χ1v) is 7.83. The molecule has 1 fully saturated rings. The Morgan fingerprint density at radius 2 is 2.53 bits per heavy atom. The van der Waals surface area contributed by atoms with Gasteiger partial charge in [0.15, 0.2) is 0 Å². The van der Waals surface area contributed by atoms with Gasteiger partial charge in [-0.25, -0.2) is 0 Å². The normalized spacial score (nSPS) is 18.9. The van der Waals surface area contributed by atoms with Crippen molar-refractivity contribution in [2.75, 3.05) is 33.2 Å². The van der Waals surface area contributed by atoms with E-state index in [1.165, 1.54) is 17.7 Å². The molecule has 1 unspecified atom stereocenters. The van der Waals surface area contributed by atoms with E-state index in [1.54, 1.807) is 11.3 Å². The first kappa shape index (κ1) is 14.5. The molecule has 0 bridgehead atoms. The van der Waals surface area contributed by atoms with Gasteiger partial charge in [0.05, 0.1) is 6.54 Å². The number of thiophene rings is 1. The minimum absolute atomic E-state index is 0.122. The second-order valence-corrected chi connectivity index (χ2v) is 6.20. The van der Waals surface area contributed by atoms with Crippen LogP contribution in [0.4, 0.5) is 0 Å². The van der Waals surface area contributed by atoms with Gasteiger partial charge in [-0.1, -0.05) is 6.07 Å². The van der Waals surface area contributed by atoms with Gasteiger partial charge < -0.3 is 10.6 Å². The summed E-state index contributed by atoms with van der Waals surface area (Å²) in [4.78, 5) is 15.2. The van der Waals surface area contributed by atoms with Crippen LogP contribution in [0.1, 0.15) is 17.7 Å². The third-order valence-electron chi connectivity index (χ3n) is 3.38. The van der Waals surface area contributed by atoms with Crippen molar-refractivity contribution in [1.82, 2.24) is 15.5 Å². The van der Waals surface area contributed by atoms with Crippen LogP contribution in [-0.4, -0.2) is 50.1 Å². The van der Waals surface area contributed by atoms with Crippen molar-refractivity contribution in [1.29, 1.82) is 0 Å². The van der Waals surface area contributed by atoms with Gasteiger partial charge in [0.25, 0.3) is 0 Å². The number of hydrogen-bond donors (Lipinski definition) is 2. The molecule has 106 valence electrons. The number of carbonyl (C=O) groups is 1. The van der Waals surface area contributed by atoms with Crippen LogP contribution in [0.25, 0.3) is 0 Å². The van der Waals surface area contributed by atoms with Crippen LogP contribution in [0.3, 0.4) is 0 Å². The standard InChI is InChI=1S/C14H23N3OS/c1-17(10-12-4-2-7-15-12)11-14(18)16-8-6-13-5-3-9-19-13/h3,5,9,12,15H,2,4,6-8,10-11H2,1H3,(H,16,18). The van der Waals surface area contributed by atoms with Gasteiger partial charge >= 0.3 is 0 Å². The molecule has 2 heterocycles. The number of amides is 1. The average molecular weight is 281 g/mol. The van der Waals surface area contributed by atoms with E-state index in [2.05, 4.69) is 27.0 Å². The second-order valence-electron chi connectivity index (χ2n) is 5.17. The van der Waals surface area contributed by atoms with Crippen LogP contribution < -0.4 is 10.6 Å². The highest BCUT2D eigenvalue weighted by molar-refractivity contribution is 7.09. The number of nitrogens with one attached hydrogen (secondary N) is 2. The molecule has 1 aromatic heterocycles. The molecule has 1 amide bonds. The van der Waals surface area contributed by atoms with Crippen molar-refractivity contribution >= 4 is 17.2 Å². The molecule has 0 saturated carbocycles. The van der Waals surface area contributed by atoms with E-state index in [0.717, 1.165) is 26.1 Å². The fraction of sp³-hybridized carbons (Fsp3) is 0.643. The van der Waals surface area contributed by atoms with Crippen LogP contribution in [0.2, 0.25) is 0 Å². The number of hydrogen-bond acceptors (Lipinski definition) is 4. The lowest BCUT2D eigenvalue weighted by Gasteiger charge is -2.20. The highest BCUT2D eigenvalue weighted by Gasteiger charge is 2.16. The topological polar surface area (TPSA) is 44.4 Å². The highest BCUT2D eigenvalue weighted by atomic mass is 32.1. The lowest BCUT2D eigenvalue weighted by Crippen LogP contribution is -2.41. The Morgan fingerprint density at radius 3 is 3.21 bits per heavy atom. The Kier molecular flexibility index (Phi) is 5.82. The molecule has 5 heteroatoms. The van der Waals surface area contributed by atoms with Crippen molar-refractivity contribution in [3.8, 4) is 0 Å². The van der Waals surface area contributed by atoms with Gasteiger partial charge in [-0.05, 0) is 44.3 Å². The second kappa shape index (κ2) is 7.62. The molecule has 1 aromatic rings. The maximum Gasteiger partial charge on any atom is 0.234 e. The van der Waals surface area contributed by atoms with Crippen molar-refractivity contribution in [3.63, 3.8) is 0 Å². The maximum atomic E-state index is 11.8. The van der Waals surface area contributed by atoms with Gasteiger partial charge in [-0.2, -0.15) is 0 Å². The highest BCUT2D eigenvalue weighted by Crippen LogP contribution is 2.08. The van der Waals surface area contributed by atoms with Crippen LogP contribution in [-0.2, 0) is 11.2 Å². The van der Waals surface area contributed by atoms with Crippen LogP contribution in [0, 0.1) is 0 Å². The van der Waals surface area contributed by atoms with E-state index < -0.39 is 0 Å². The Bertz CT molecular complexity index is 374. The van der Waals surface area contributed by atoms with Crippen LogP contribution >= 0.6 is 11.3 Å². The zero-order valence-corrected chi connectivity index (χ0v) is 12.3. The first-order valence-electron chi connectivity index (χ1n) is 6.95. The van der Waals surface area contributed by atoms with E-state index in [4.69, 9.17) is 0 Å². The van der Waals surface area contributed by atoms with E-state index in [-0.39, 0.29) is 5.91 Å². The Hall–Kier alpha value is -0.910. The molecular weight excluding hydrogens is 258 g/mol. The smallest absolute Gasteiger partial charge is 0.234 e. The van der Waals surface area contributed by atoms with E-state index >= 15 is 0 Å². The summed E-state index contributed by atoms with van der Waals surface area (Å²) in [5.41, 5.74) is 0. The summed E-state index contributed by atoms with van der Waals surface area (Å²) in [6, 6.07) is 4.71. The monoisotopic (exact) mass is 281 g/mol. The molecule has 0 aliphatic carbocycles. The SMILES string of the molecule is CN(CC(=O)NCCc1cccs1)CC1CCCN1. The van der Waals surface area contributed by atoms with E-state index in [1.807, 2.05) is 13.1 Å². The molecule has 2 rings (SSSR count). The lowest BCUT2D eigenvalue weighted by atomic mass is 10.2. The summed E-state index contributed by atoms with van der Waals surface area (Å²) in [6.07, 6.45) is 3.41. The fourth-order valence-electron chi connectivity index (χ4n) is 2.43. The van der Waals surface area contributed by atoms with E-state index in [9.17, 15) is 4.79 Å². The summed E-state index contributed by atoms with van der Waals surface area (Å²) in [5.74, 6) is 0.122. The molecule has 0 spiro atoms. The molecule has 0 radical (unpaired) electrons. The van der Waals surface area contributed by atoms with Gasteiger partial charge in [-0.3, -0.25) is 9.69 Å². The zero-order valence-electron chi connectivity index (χ0n) is 11.5. The Balaban J connectivity index is 1.57. The number of nitrogens with zero attached hydrogens (tertiary/aromatic N) is 1. The number of carbonyl (C=O) groups excluding carboxylic acids is 1. The quantitative estimate of drug-likeness (QED) is 0.786. The summed E-state index contributed by atoms with van der Waals surface area (Å²) < 4.78 is 0. The number of rotatable bonds is 7. The van der Waals surface area contributed by atoms with Gasteiger partial charge in [-0.15, -0.1) is 11.3 Å². The first-order chi connectivity index (χ1) is 9.24. The largest absolute Gasteiger partial charge is 0.355 e. The minimum Gasteiger partial charge on any atom is -0.355 e. The molecule has 1 saturated heterocycles. The average Bonchev–Trinajstić information content (AvgIpc) is 3.01. The van der Waals surface area contributed by atoms with Gasteiger partial charge in [0, 0.05) is 24.0 Å². The molecule has 1 aliphatic rings. The van der Waals surface area contributed by atoms with Gasteiger partial charge in [0.1, 0.15) is 0 Å². The predicted molar refractivity (Wildman–Crippen MR) is 79.6 cm³/mol. The zero-order chi connectivity index (χ0) is 13.5. The lowest BCUT2D eigenvalue weighted by molar-refractivity contribution is -0.121.